The van der Waals surface area contributed by atoms with Crippen molar-refractivity contribution in [1.29, 1.82) is 0 Å². The molecular formula is C32H25N7O. The molecular weight excluding hydrogens is 498 g/mol. The number of aliphatic hydroxyl groups is 1. The van der Waals surface area contributed by atoms with Crippen LogP contribution in [0.2, 0.25) is 0 Å². The van der Waals surface area contributed by atoms with Gasteiger partial charge in [0.15, 0.2) is 0 Å². The molecule has 0 spiro atoms. The van der Waals surface area contributed by atoms with Crippen molar-refractivity contribution in [3.63, 3.8) is 0 Å². The van der Waals surface area contributed by atoms with E-state index in [1.807, 2.05) is 79.1 Å². The first-order chi connectivity index (χ1) is 19.7. The zero-order chi connectivity index (χ0) is 26.9. The van der Waals surface area contributed by atoms with E-state index in [9.17, 15) is 5.11 Å². The van der Waals surface area contributed by atoms with Crippen molar-refractivity contribution < 1.29 is 5.11 Å². The van der Waals surface area contributed by atoms with Crippen LogP contribution < -0.4 is 5.32 Å². The number of aliphatic hydroxyl groups excluding tert-OH is 1. The normalized spacial score (nSPS) is 12.1. The minimum atomic E-state index is -0.727. The number of aromatic nitrogens is 6. The van der Waals surface area contributed by atoms with Crippen LogP contribution in [0.5, 0.6) is 0 Å². The van der Waals surface area contributed by atoms with E-state index in [2.05, 4.69) is 47.6 Å². The first kappa shape index (κ1) is 23.8. The van der Waals surface area contributed by atoms with Crippen molar-refractivity contribution in [2.24, 2.45) is 0 Å². The fourth-order valence-corrected chi connectivity index (χ4v) is 5.08. The Morgan fingerprint density at radius 3 is 2.55 bits per heavy atom. The topological polar surface area (TPSA) is 115 Å². The van der Waals surface area contributed by atoms with Gasteiger partial charge in [-0.2, -0.15) is 5.10 Å². The Kier molecular flexibility index (Phi) is 5.99. The van der Waals surface area contributed by atoms with Gasteiger partial charge in [-0.05, 0) is 53.1 Å². The fraction of sp³-hybridized carbons (Fsp3) is 0.0625. The van der Waals surface area contributed by atoms with E-state index in [0.717, 1.165) is 66.8 Å². The number of nitrogens with one attached hydrogen (secondary N) is 3. The average molecular weight is 524 g/mol. The number of pyridine rings is 3. The molecule has 0 amide bonds. The maximum absolute atomic E-state index is 10.6. The predicted octanol–water partition coefficient (Wildman–Crippen LogP) is 6.20. The van der Waals surface area contributed by atoms with Crippen molar-refractivity contribution in [2.75, 3.05) is 5.32 Å². The van der Waals surface area contributed by atoms with Gasteiger partial charge in [0.05, 0.1) is 23.1 Å². The number of anilines is 1. The van der Waals surface area contributed by atoms with Crippen molar-refractivity contribution in [3.8, 4) is 33.6 Å². The first-order valence-electron chi connectivity index (χ1n) is 13.0. The largest absolute Gasteiger partial charge is 0.373 e. The summed E-state index contributed by atoms with van der Waals surface area (Å²) in [7, 11) is 0. The van der Waals surface area contributed by atoms with E-state index < -0.39 is 6.23 Å². The molecule has 0 aliphatic carbocycles. The summed E-state index contributed by atoms with van der Waals surface area (Å²) in [5.74, 6) is 0. The third kappa shape index (κ3) is 4.57. The quantitative estimate of drug-likeness (QED) is 0.185. The van der Waals surface area contributed by atoms with E-state index in [1.165, 1.54) is 0 Å². The summed E-state index contributed by atoms with van der Waals surface area (Å²) in [5.41, 5.74) is 9.24. The van der Waals surface area contributed by atoms with Crippen molar-refractivity contribution in [2.45, 2.75) is 12.6 Å². The van der Waals surface area contributed by atoms with Crippen LogP contribution in [0.1, 0.15) is 5.56 Å². The lowest BCUT2D eigenvalue weighted by Gasteiger charge is -2.15. The summed E-state index contributed by atoms with van der Waals surface area (Å²) in [6.45, 7) is 0. The van der Waals surface area contributed by atoms with E-state index in [4.69, 9.17) is 0 Å². The molecule has 5 heterocycles. The maximum Gasteiger partial charge on any atom is 0.138 e. The lowest BCUT2D eigenvalue weighted by molar-refractivity contribution is 0.204. The minimum absolute atomic E-state index is 0.497. The highest BCUT2D eigenvalue weighted by atomic mass is 16.3. The van der Waals surface area contributed by atoms with Crippen LogP contribution in [0.4, 0.5) is 5.69 Å². The molecule has 0 bridgehead atoms. The number of H-pyrrole nitrogens is 2. The smallest absolute Gasteiger partial charge is 0.138 e. The highest BCUT2D eigenvalue weighted by Gasteiger charge is 2.15. The van der Waals surface area contributed by atoms with Crippen LogP contribution in [0, 0.1) is 0 Å². The molecule has 7 aromatic rings. The summed E-state index contributed by atoms with van der Waals surface area (Å²) in [6, 6.07) is 26.1. The summed E-state index contributed by atoms with van der Waals surface area (Å²) < 4.78 is 0. The molecule has 1 unspecified atom stereocenters. The first-order valence-corrected chi connectivity index (χ1v) is 13.0. The van der Waals surface area contributed by atoms with Crippen molar-refractivity contribution in [1.82, 2.24) is 30.1 Å². The third-order valence-electron chi connectivity index (χ3n) is 7.00. The number of benzene rings is 2. The summed E-state index contributed by atoms with van der Waals surface area (Å²) in [4.78, 5) is 16.7. The Labute approximate surface area is 229 Å². The molecule has 2 aromatic carbocycles. The van der Waals surface area contributed by atoms with Gasteiger partial charge in [-0.15, -0.1) is 0 Å². The van der Waals surface area contributed by atoms with Gasteiger partial charge in [-0.1, -0.05) is 42.5 Å². The molecule has 0 aliphatic rings. The van der Waals surface area contributed by atoms with Crippen molar-refractivity contribution >= 4 is 27.6 Å². The van der Waals surface area contributed by atoms with Crippen LogP contribution in [0.15, 0.2) is 110 Å². The van der Waals surface area contributed by atoms with Gasteiger partial charge >= 0.3 is 0 Å². The molecule has 0 radical (unpaired) electrons. The summed E-state index contributed by atoms with van der Waals surface area (Å²) >= 11 is 0. The van der Waals surface area contributed by atoms with E-state index in [0.29, 0.717) is 6.42 Å². The van der Waals surface area contributed by atoms with E-state index >= 15 is 0 Å². The Hall–Kier alpha value is -5.34. The monoisotopic (exact) mass is 523 g/mol. The molecule has 5 aromatic heterocycles. The molecule has 0 saturated heterocycles. The highest BCUT2D eigenvalue weighted by Crippen LogP contribution is 2.34. The zero-order valence-corrected chi connectivity index (χ0v) is 21.4. The Bertz CT molecular complexity index is 1930. The molecule has 0 saturated carbocycles. The van der Waals surface area contributed by atoms with E-state index in [1.54, 1.807) is 18.6 Å². The molecule has 1 atom stereocenters. The number of nitrogens with zero attached hydrogens (tertiary/aromatic N) is 4. The lowest BCUT2D eigenvalue weighted by atomic mass is 10.0. The van der Waals surface area contributed by atoms with Gasteiger partial charge < -0.3 is 15.4 Å². The third-order valence-corrected chi connectivity index (χ3v) is 7.00. The molecule has 0 fully saturated rings. The Morgan fingerprint density at radius 1 is 0.775 bits per heavy atom. The van der Waals surface area contributed by atoms with Crippen LogP contribution in [-0.2, 0) is 6.42 Å². The molecule has 194 valence electrons. The second-order valence-electron chi connectivity index (χ2n) is 9.69. The molecule has 40 heavy (non-hydrogen) atoms. The molecule has 7 rings (SSSR count). The van der Waals surface area contributed by atoms with E-state index in [-0.39, 0.29) is 0 Å². The number of rotatable bonds is 7. The highest BCUT2D eigenvalue weighted by molar-refractivity contribution is 6.00. The Morgan fingerprint density at radius 2 is 1.68 bits per heavy atom. The molecule has 8 nitrogen and oxygen atoms in total. The SMILES string of the molecule is OC(Cc1ccccc1)Nc1cncc(-c2ccc3[nH]nc(-c4cc5c(-c6cccnc6)ccnc5[nH]4)c3c2)c1. The van der Waals surface area contributed by atoms with Crippen molar-refractivity contribution in [3.05, 3.63) is 115 Å². The second-order valence-corrected chi connectivity index (χ2v) is 9.69. The lowest BCUT2D eigenvalue weighted by Crippen LogP contribution is -2.21. The second kappa shape index (κ2) is 10.1. The van der Waals surface area contributed by atoms with Crippen LogP contribution in [-0.4, -0.2) is 41.5 Å². The number of hydrogen-bond acceptors (Lipinski definition) is 6. The fourth-order valence-electron chi connectivity index (χ4n) is 5.08. The van der Waals surface area contributed by atoms with Gasteiger partial charge in [0.1, 0.15) is 17.6 Å². The minimum Gasteiger partial charge on any atom is -0.373 e. The number of fused-ring (bicyclic) bond motifs is 2. The van der Waals surface area contributed by atoms with Gasteiger partial charge in [0, 0.05) is 53.1 Å². The average Bonchev–Trinajstić information content (AvgIpc) is 3.62. The predicted molar refractivity (Wildman–Crippen MR) is 157 cm³/mol. The Balaban J connectivity index is 1.21. The van der Waals surface area contributed by atoms with Crippen LogP contribution in [0.25, 0.3) is 55.6 Å². The zero-order valence-electron chi connectivity index (χ0n) is 21.4. The summed E-state index contributed by atoms with van der Waals surface area (Å²) in [6.07, 6.45) is 8.74. The summed E-state index contributed by atoms with van der Waals surface area (Å²) in [5, 5.41) is 23.5. The number of aromatic amines is 2. The van der Waals surface area contributed by atoms with Crippen LogP contribution in [0.3, 0.4) is 0 Å². The molecule has 0 aliphatic heterocycles. The number of hydrogen-bond donors (Lipinski definition) is 4. The van der Waals surface area contributed by atoms with Gasteiger partial charge in [0.2, 0.25) is 0 Å². The standard InChI is InChI=1S/C32H25N7O/c40-30(13-20-5-2-1-3-6-20)36-24-14-23(18-34-19-24)21-8-9-28-27(15-21)31(39-38-28)29-16-26-25(10-12-35-32(26)37-29)22-7-4-11-33-17-22/h1-12,14-19,30,36,40H,13H2,(H,35,37)(H,38,39). The van der Waals surface area contributed by atoms with Gasteiger partial charge in [0.25, 0.3) is 0 Å². The van der Waals surface area contributed by atoms with Gasteiger partial charge in [-0.25, -0.2) is 4.98 Å². The van der Waals surface area contributed by atoms with Crippen LogP contribution >= 0.6 is 0 Å². The molecule has 4 N–H and O–H groups in total. The molecule has 8 heteroatoms. The maximum atomic E-state index is 10.6. The van der Waals surface area contributed by atoms with Gasteiger partial charge in [-0.3, -0.25) is 15.1 Å².